The molecule has 112 valence electrons. The molecule has 0 bridgehead atoms. The van der Waals surface area contributed by atoms with Gasteiger partial charge in [-0.15, -0.1) is 0 Å². The molecule has 0 aromatic heterocycles. The molecule has 0 radical (unpaired) electrons. The molecule has 1 saturated heterocycles. The van der Waals surface area contributed by atoms with Crippen LogP contribution in [0.1, 0.15) is 64.7 Å². The van der Waals surface area contributed by atoms with Gasteiger partial charge in [0, 0.05) is 12.6 Å². The normalized spacial score (nSPS) is 29.8. The van der Waals surface area contributed by atoms with Crippen LogP contribution in [0.2, 0.25) is 0 Å². The van der Waals surface area contributed by atoms with Gasteiger partial charge >= 0.3 is 0 Å². The van der Waals surface area contributed by atoms with Crippen LogP contribution in [0.5, 0.6) is 0 Å². The van der Waals surface area contributed by atoms with Crippen LogP contribution in [-0.4, -0.2) is 42.8 Å². The Bertz CT molecular complexity index is 239. The van der Waals surface area contributed by atoms with Gasteiger partial charge in [0.15, 0.2) is 0 Å². The number of rotatable bonds is 6. The van der Waals surface area contributed by atoms with Crippen LogP contribution in [-0.2, 0) is 4.74 Å². The number of hydrogen-bond donors (Lipinski definition) is 1. The monoisotopic (exact) mass is 268 g/mol. The Balaban J connectivity index is 1.86. The molecule has 2 N–H and O–H groups in total. The summed E-state index contributed by atoms with van der Waals surface area (Å²) in [5.41, 5.74) is 5.71. The SMILES string of the molecule is CC1CCC(CN(CCCN)C2CCCCCC2)O1. The second-order valence-corrected chi connectivity index (χ2v) is 6.43. The van der Waals surface area contributed by atoms with E-state index in [0.29, 0.717) is 12.2 Å². The lowest BCUT2D eigenvalue weighted by atomic mass is 10.1. The first kappa shape index (κ1) is 15.3. The van der Waals surface area contributed by atoms with Crippen LogP contribution in [0.15, 0.2) is 0 Å². The van der Waals surface area contributed by atoms with E-state index in [-0.39, 0.29) is 0 Å². The summed E-state index contributed by atoms with van der Waals surface area (Å²) in [6, 6.07) is 0.786. The third-order valence-corrected chi connectivity index (χ3v) is 4.75. The first-order chi connectivity index (χ1) is 9.29. The predicted molar refractivity (Wildman–Crippen MR) is 80.3 cm³/mol. The molecular weight excluding hydrogens is 236 g/mol. The number of nitrogens with zero attached hydrogens (tertiary/aromatic N) is 1. The molecule has 1 heterocycles. The molecule has 3 nitrogen and oxygen atoms in total. The minimum Gasteiger partial charge on any atom is -0.374 e. The van der Waals surface area contributed by atoms with Crippen LogP contribution in [0.3, 0.4) is 0 Å². The van der Waals surface area contributed by atoms with Gasteiger partial charge in [-0.05, 0) is 52.1 Å². The summed E-state index contributed by atoms with van der Waals surface area (Å²) >= 11 is 0. The highest BCUT2D eigenvalue weighted by atomic mass is 16.5. The van der Waals surface area contributed by atoms with Crippen LogP contribution in [0.4, 0.5) is 0 Å². The Kier molecular flexibility index (Phi) is 6.62. The molecule has 2 unspecified atom stereocenters. The molecular formula is C16H32N2O. The summed E-state index contributed by atoms with van der Waals surface area (Å²) in [5, 5.41) is 0. The van der Waals surface area contributed by atoms with Crippen LogP contribution < -0.4 is 5.73 Å². The van der Waals surface area contributed by atoms with E-state index < -0.39 is 0 Å². The van der Waals surface area contributed by atoms with Gasteiger partial charge in [-0.2, -0.15) is 0 Å². The first-order valence-corrected chi connectivity index (χ1v) is 8.39. The van der Waals surface area contributed by atoms with Gasteiger partial charge in [-0.3, -0.25) is 4.90 Å². The maximum absolute atomic E-state index is 6.02. The molecule has 2 fully saturated rings. The van der Waals surface area contributed by atoms with E-state index in [1.165, 1.54) is 51.4 Å². The zero-order valence-corrected chi connectivity index (χ0v) is 12.7. The predicted octanol–water partition coefficient (Wildman–Crippen LogP) is 2.93. The number of hydrogen-bond acceptors (Lipinski definition) is 3. The van der Waals surface area contributed by atoms with Crippen molar-refractivity contribution in [2.24, 2.45) is 5.73 Å². The maximum Gasteiger partial charge on any atom is 0.0706 e. The van der Waals surface area contributed by atoms with Crippen LogP contribution in [0.25, 0.3) is 0 Å². The average Bonchev–Trinajstić information content (AvgIpc) is 2.67. The van der Waals surface area contributed by atoms with Gasteiger partial charge in [0.2, 0.25) is 0 Å². The van der Waals surface area contributed by atoms with E-state index in [4.69, 9.17) is 10.5 Å². The minimum atomic E-state index is 0.468. The third kappa shape index (κ3) is 5.05. The summed E-state index contributed by atoms with van der Waals surface area (Å²) in [6.07, 6.45) is 13.0. The Morgan fingerprint density at radius 3 is 2.37 bits per heavy atom. The fourth-order valence-corrected chi connectivity index (χ4v) is 3.62. The third-order valence-electron chi connectivity index (χ3n) is 4.75. The highest BCUT2D eigenvalue weighted by molar-refractivity contribution is 4.80. The topological polar surface area (TPSA) is 38.5 Å². The molecule has 0 aromatic carbocycles. The lowest BCUT2D eigenvalue weighted by Gasteiger charge is -2.33. The average molecular weight is 268 g/mol. The van der Waals surface area contributed by atoms with Gasteiger partial charge in [0.05, 0.1) is 12.2 Å². The molecule has 19 heavy (non-hydrogen) atoms. The standard InChI is InChI=1S/C16H32N2O/c1-14-9-10-16(19-14)13-18(12-6-11-17)15-7-4-2-3-5-8-15/h14-16H,2-13,17H2,1H3. The Morgan fingerprint density at radius 2 is 1.79 bits per heavy atom. The largest absolute Gasteiger partial charge is 0.374 e. The van der Waals surface area contributed by atoms with Crippen molar-refractivity contribution in [3.05, 3.63) is 0 Å². The first-order valence-electron chi connectivity index (χ1n) is 8.39. The number of ether oxygens (including phenoxy) is 1. The quantitative estimate of drug-likeness (QED) is 0.753. The van der Waals surface area contributed by atoms with Gasteiger partial charge in [0.25, 0.3) is 0 Å². The zero-order valence-electron chi connectivity index (χ0n) is 12.7. The van der Waals surface area contributed by atoms with Crippen LogP contribution >= 0.6 is 0 Å². The second kappa shape index (κ2) is 8.23. The van der Waals surface area contributed by atoms with Gasteiger partial charge in [0.1, 0.15) is 0 Å². The smallest absolute Gasteiger partial charge is 0.0706 e. The van der Waals surface area contributed by atoms with E-state index in [1.54, 1.807) is 0 Å². The zero-order chi connectivity index (χ0) is 13.5. The van der Waals surface area contributed by atoms with Crippen molar-refractivity contribution >= 4 is 0 Å². The summed E-state index contributed by atoms with van der Waals surface area (Å²) in [4.78, 5) is 2.70. The van der Waals surface area contributed by atoms with Crippen molar-refractivity contribution in [2.45, 2.75) is 83.0 Å². The molecule has 1 aliphatic heterocycles. The van der Waals surface area contributed by atoms with Gasteiger partial charge in [-0.1, -0.05) is 25.7 Å². The van der Waals surface area contributed by atoms with Gasteiger partial charge in [-0.25, -0.2) is 0 Å². The van der Waals surface area contributed by atoms with Gasteiger partial charge < -0.3 is 10.5 Å². The summed E-state index contributed by atoms with van der Waals surface area (Å²) in [5.74, 6) is 0. The van der Waals surface area contributed by atoms with E-state index >= 15 is 0 Å². The van der Waals surface area contributed by atoms with Crippen LogP contribution in [0, 0.1) is 0 Å². The second-order valence-electron chi connectivity index (χ2n) is 6.43. The lowest BCUT2D eigenvalue weighted by molar-refractivity contribution is 0.0191. The lowest BCUT2D eigenvalue weighted by Crippen LogP contribution is -2.41. The molecule has 0 amide bonds. The Labute approximate surface area is 118 Å². The molecule has 1 saturated carbocycles. The molecule has 2 aliphatic rings. The van der Waals surface area contributed by atoms with Crippen molar-refractivity contribution in [2.75, 3.05) is 19.6 Å². The summed E-state index contributed by atoms with van der Waals surface area (Å²) in [6.45, 7) is 5.31. The van der Waals surface area contributed by atoms with E-state index in [0.717, 1.165) is 32.1 Å². The molecule has 1 aliphatic carbocycles. The summed E-state index contributed by atoms with van der Waals surface area (Å²) in [7, 11) is 0. The van der Waals surface area contributed by atoms with E-state index in [9.17, 15) is 0 Å². The Morgan fingerprint density at radius 1 is 1.05 bits per heavy atom. The molecule has 0 aromatic rings. The fraction of sp³-hybridized carbons (Fsp3) is 1.00. The van der Waals surface area contributed by atoms with Crippen molar-refractivity contribution in [3.8, 4) is 0 Å². The molecule has 3 heteroatoms. The van der Waals surface area contributed by atoms with Crippen molar-refractivity contribution in [3.63, 3.8) is 0 Å². The summed E-state index contributed by atoms with van der Waals surface area (Å²) < 4.78 is 6.02. The van der Waals surface area contributed by atoms with Crippen molar-refractivity contribution in [1.82, 2.24) is 4.90 Å². The molecule has 2 rings (SSSR count). The van der Waals surface area contributed by atoms with E-state index in [1.807, 2.05) is 0 Å². The molecule has 2 atom stereocenters. The maximum atomic E-state index is 6.02. The highest BCUT2D eigenvalue weighted by Crippen LogP contribution is 2.25. The number of nitrogens with two attached hydrogens (primary N) is 1. The van der Waals surface area contributed by atoms with E-state index in [2.05, 4.69) is 11.8 Å². The molecule has 0 spiro atoms. The Hall–Kier alpha value is -0.120. The van der Waals surface area contributed by atoms with Crippen molar-refractivity contribution in [1.29, 1.82) is 0 Å². The highest BCUT2D eigenvalue weighted by Gasteiger charge is 2.27. The van der Waals surface area contributed by atoms with Crippen molar-refractivity contribution < 1.29 is 4.74 Å². The minimum absolute atomic E-state index is 0.468. The fourth-order valence-electron chi connectivity index (χ4n) is 3.62.